The van der Waals surface area contributed by atoms with Gasteiger partial charge in [-0.15, -0.1) is 0 Å². The molecule has 144 valence electrons. The van der Waals surface area contributed by atoms with Crippen LogP contribution in [0.3, 0.4) is 0 Å². The molecule has 0 aliphatic heterocycles. The maximum Gasteiger partial charge on any atom is 0.338 e. The van der Waals surface area contributed by atoms with Crippen molar-refractivity contribution in [3.05, 3.63) is 90.0 Å². The zero-order chi connectivity index (χ0) is 20.1. The first-order valence-corrected chi connectivity index (χ1v) is 10.2. The number of sulfonamides is 1. The Morgan fingerprint density at radius 2 is 1.39 bits per heavy atom. The Morgan fingerprint density at radius 1 is 0.821 bits per heavy atom. The van der Waals surface area contributed by atoms with Crippen LogP contribution in [0, 0.1) is 0 Å². The van der Waals surface area contributed by atoms with Crippen molar-refractivity contribution in [2.75, 3.05) is 14.1 Å². The second kappa shape index (κ2) is 8.37. The number of nitrogens with zero attached hydrogens (tertiary/aromatic N) is 1. The highest BCUT2D eigenvalue weighted by molar-refractivity contribution is 7.89. The van der Waals surface area contributed by atoms with Crippen LogP contribution in [-0.4, -0.2) is 32.8 Å². The number of carbonyl (C=O) groups excluding carboxylic acids is 1. The maximum absolute atomic E-state index is 12.2. The Bertz CT molecular complexity index is 1040. The molecular formula is C22H21NO4S. The van der Waals surface area contributed by atoms with Gasteiger partial charge >= 0.3 is 5.97 Å². The smallest absolute Gasteiger partial charge is 0.338 e. The van der Waals surface area contributed by atoms with E-state index in [-0.39, 0.29) is 11.5 Å². The molecule has 0 saturated carbocycles. The van der Waals surface area contributed by atoms with Gasteiger partial charge in [0.25, 0.3) is 0 Å². The van der Waals surface area contributed by atoms with Crippen LogP contribution in [0.5, 0.6) is 0 Å². The lowest BCUT2D eigenvalue weighted by Gasteiger charge is -2.11. The van der Waals surface area contributed by atoms with E-state index in [1.807, 2.05) is 54.6 Å². The molecule has 0 radical (unpaired) electrons. The molecule has 3 aromatic rings. The van der Waals surface area contributed by atoms with Gasteiger partial charge in [0.2, 0.25) is 10.0 Å². The van der Waals surface area contributed by atoms with E-state index in [0.29, 0.717) is 5.56 Å². The molecule has 0 spiro atoms. The van der Waals surface area contributed by atoms with Gasteiger partial charge < -0.3 is 4.74 Å². The third-order valence-corrected chi connectivity index (χ3v) is 6.13. The van der Waals surface area contributed by atoms with E-state index in [0.717, 1.165) is 21.0 Å². The lowest BCUT2D eigenvalue weighted by molar-refractivity contribution is 0.0472. The van der Waals surface area contributed by atoms with Gasteiger partial charge in [-0.25, -0.2) is 17.5 Å². The van der Waals surface area contributed by atoms with Crippen molar-refractivity contribution >= 4 is 16.0 Å². The van der Waals surface area contributed by atoms with Crippen molar-refractivity contribution in [2.45, 2.75) is 11.5 Å². The lowest BCUT2D eigenvalue weighted by atomic mass is 10.0. The second-order valence-corrected chi connectivity index (χ2v) is 8.60. The van der Waals surface area contributed by atoms with Crippen LogP contribution < -0.4 is 0 Å². The minimum atomic E-state index is -3.52. The molecule has 0 heterocycles. The summed E-state index contributed by atoms with van der Waals surface area (Å²) in [7, 11) is -0.603. The van der Waals surface area contributed by atoms with Gasteiger partial charge in [0.1, 0.15) is 6.61 Å². The van der Waals surface area contributed by atoms with E-state index in [1.165, 1.54) is 38.4 Å². The van der Waals surface area contributed by atoms with Crippen molar-refractivity contribution in [2.24, 2.45) is 0 Å². The molecule has 0 unspecified atom stereocenters. The van der Waals surface area contributed by atoms with E-state index < -0.39 is 16.0 Å². The summed E-state index contributed by atoms with van der Waals surface area (Å²) in [5.74, 6) is -0.499. The molecule has 0 N–H and O–H groups in total. The first kappa shape index (κ1) is 19.8. The third kappa shape index (κ3) is 4.47. The fourth-order valence-corrected chi connectivity index (χ4v) is 3.53. The summed E-state index contributed by atoms with van der Waals surface area (Å²) in [6.45, 7) is 0.144. The molecule has 5 nitrogen and oxygen atoms in total. The number of benzene rings is 3. The number of ether oxygens (including phenoxy) is 1. The number of esters is 1. The first-order valence-electron chi connectivity index (χ1n) is 8.72. The molecule has 3 rings (SSSR count). The minimum absolute atomic E-state index is 0.130. The number of hydrogen-bond acceptors (Lipinski definition) is 4. The zero-order valence-electron chi connectivity index (χ0n) is 15.7. The SMILES string of the molecule is CN(C)S(=O)(=O)c1ccc(C(=O)OCc2ccc(-c3ccccc3)cc2)cc1. The fourth-order valence-electron chi connectivity index (χ4n) is 2.63. The Labute approximate surface area is 165 Å². The molecule has 0 fully saturated rings. The van der Waals surface area contributed by atoms with Crippen LogP contribution in [0.1, 0.15) is 15.9 Å². The Morgan fingerprint density at radius 3 is 1.96 bits per heavy atom. The topological polar surface area (TPSA) is 63.7 Å². The molecule has 0 aromatic heterocycles. The van der Waals surface area contributed by atoms with Crippen molar-refractivity contribution in [3.63, 3.8) is 0 Å². The molecule has 0 amide bonds. The van der Waals surface area contributed by atoms with E-state index in [2.05, 4.69) is 0 Å². The number of carbonyl (C=O) groups is 1. The van der Waals surface area contributed by atoms with Crippen LogP contribution >= 0.6 is 0 Å². The van der Waals surface area contributed by atoms with Gasteiger partial charge in [-0.05, 0) is 41.0 Å². The zero-order valence-corrected chi connectivity index (χ0v) is 16.5. The monoisotopic (exact) mass is 395 g/mol. The van der Waals surface area contributed by atoms with Crippen LogP contribution in [0.25, 0.3) is 11.1 Å². The van der Waals surface area contributed by atoms with Crippen LogP contribution in [0.15, 0.2) is 83.8 Å². The summed E-state index contributed by atoms with van der Waals surface area (Å²) >= 11 is 0. The molecule has 0 aliphatic rings. The Balaban J connectivity index is 1.63. The summed E-state index contributed by atoms with van der Waals surface area (Å²) in [5.41, 5.74) is 3.39. The first-order chi connectivity index (χ1) is 13.4. The lowest BCUT2D eigenvalue weighted by Crippen LogP contribution is -2.22. The van der Waals surface area contributed by atoms with Crippen LogP contribution in [0.2, 0.25) is 0 Å². The normalized spacial score (nSPS) is 11.4. The predicted molar refractivity (Wildman–Crippen MR) is 108 cm³/mol. The van der Waals surface area contributed by atoms with Gasteiger partial charge in [-0.3, -0.25) is 0 Å². The van der Waals surface area contributed by atoms with E-state index in [9.17, 15) is 13.2 Å². The Hall–Kier alpha value is -2.96. The van der Waals surface area contributed by atoms with Crippen LogP contribution in [-0.2, 0) is 21.4 Å². The van der Waals surface area contributed by atoms with E-state index in [4.69, 9.17) is 4.74 Å². The molecule has 0 atom stereocenters. The molecule has 3 aromatic carbocycles. The fraction of sp³-hybridized carbons (Fsp3) is 0.136. The van der Waals surface area contributed by atoms with Crippen molar-refractivity contribution in [1.29, 1.82) is 0 Å². The van der Waals surface area contributed by atoms with Gasteiger partial charge in [-0.2, -0.15) is 0 Å². The second-order valence-electron chi connectivity index (χ2n) is 6.45. The van der Waals surface area contributed by atoms with E-state index >= 15 is 0 Å². The summed E-state index contributed by atoms with van der Waals surface area (Å²) < 4.78 is 30.6. The highest BCUT2D eigenvalue weighted by Gasteiger charge is 2.17. The van der Waals surface area contributed by atoms with Crippen molar-refractivity contribution in [1.82, 2.24) is 4.31 Å². The van der Waals surface area contributed by atoms with E-state index in [1.54, 1.807) is 0 Å². The molecule has 6 heteroatoms. The highest BCUT2D eigenvalue weighted by atomic mass is 32.2. The van der Waals surface area contributed by atoms with Crippen molar-refractivity contribution in [3.8, 4) is 11.1 Å². The predicted octanol–water partition coefficient (Wildman–Crippen LogP) is 3.96. The van der Waals surface area contributed by atoms with Gasteiger partial charge in [-0.1, -0.05) is 54.6 Å². The highest BCUT2D eigenvalue weighted by Crippen LogP contribution is 2.20. The molecule has 0 bridgehead atoms. The standard InChI is InChI=1S/C22H21NO4S/c1-23(2)28(25,26)21-14-12-20(13-15-21)22(24)27-16-17-8-10-19(11-9-17)18-6-4-3-5-7-18/h3-15H,16H2,1-2H3. The molecule has 0 aliphatic carbocycles. The maximum atomic E-state index is 12.2. The number of hydrogen-bond donors (Lipinski definition) is 0. The molecular weight excluding hydrogens is 374 g/mol. The average molecular weight is 395 g/mol. The summed E-state index contributed by atoms with van der Waals surface area (Å²) in [4.78, 5) is 12.3. The largest absolute Gasteiger partial charge is 0.457 e. The number of rotatable bonds is 6. The molecule has 28 heavy (non-hydrogen) atoms. The third-order valence-electron chi connectivity index (χ3n) is 4.30. The van der Waals surface area contributed by atoms with Gasteiger partial charge in [0.15, 0.2) is 0 Å². The minimum Gasteiger partial charge on any atom is -0.457 e. The van der Waals surface area contributed by atoms with Gasteiger partial charge in [0.05, 0.1) is 10.5 Å². The average Bonchev–Trinajstić information content (AvgIpc) is 2.73. The van der Waals surface area contributed by atoms with Gasteiger partial charge in [0, 0.05) is 14.1 Å². The Kier molecular flexibility index (Phi) is 5.92. The summed E-state index contributed by atoms with van der Waals surface area (Å²) in [6.07, 6.45) is 0. The quantitative estimate of drug-likeness (QED) is 0.593. The van der Waals surface area contributed by atoms with Crippen molar-refractivity contribution < 1.29 is 17.9 Å². The van der Waals surface area contributed by atoms with Crippen LogP contribution in [0.4, 0.5) is 0 Å². The summed E-state index contributed by atoms with van der Waals surface area (Å²) in [5, 5.41) is 0. The summed E-state index contributed by atoms with van der Waals surface area (Å²) in [6, 6.07) is 23.5. The molecule has 0 saturated heterocycles.